The Morgan fingerprint density at radius 3 is 2.87 bits per heavy atom. The fourth-order valence-corrected chi connectivity index (χ4v) is 3.11. The maximum Gasteiger partial charge on any atom is 0.278 e. The molecular weight excluding hydrogens is 383 g/mol. The third-order valence-corrected chi connectivity index (χ3v) is 4.25. The van der Waals surface area contributed by atoms with E-state index in [1.165, 1.54) is 34.8 Å². The molecule has 0 amide bonds. The van der Waals surface area contributed by atoms with Crippen LogP contribution in [0.5, 0.6) is 0 Å². The molecule has 8 heteroatoms. The summed E-state index contributed by atoms with van der Waals surface area (Å²) in [5, 5.41) is 0.919. The standard InChI is InChI=1S/C15H12BrFN4OS/c1-3-4-20-14(22)12-8-18-15(23-2)19-13(12)21(20)11-6-9(16)5-10(17)7-11/h3,5-8H,1,4H2,2H3. The van der Waals surface area contributed by atoms with E-state index < -0.39 is 5.82 Å². The van der Waals surface area contributed by atoms with Gasteiger partial charge in [-0.25, -0.2) is 23.7 Å². The molecule has 2 heterocycles. The number of thioether (sulfide) groups is 1. The maximum absolute atomic E-state index is 13.8. The van der Waals surface area contributed by atoms with Crippen LogP contribution in [-0.2, 0) is 6.54 Å². The van der Waals surface area contributed by atoms with Gasteiger partial charge in [0.2, 0.25) is 0 Å². The van der Waals surface area contributed by atoms with Gasteiger partial charge in [0, 0.05) is 10.7 Å². The lowest BCUT2D eigenvalue weighted by molar-refractivity contribution is 0.593. The summed E-state index contributed by atoms with van der Waals surface area (Å²) in [6.07, 6.45) is 4.96. The summed E-state index contributed by atoms with van der Waals surface area (Å²) in [6, 6.07) is 4.43. The molecule has 0 aliphatic heterocycles. The Balaban J connectivity index is 2.42. The lowest BCUT2D eigenvalue weighted by Gasteiger charge is -2.11. The van der Waals surface area contributed by atoms with Crippen molar-refractivity contribution in [2.45, 2.75) is 11.7 Å². The number of allylic oxidation sites excluding steroid dienone is 1. The SMILES string of the molecule is C=CCn1c(=O)c2cnc(SC)nc2n1-c1cc(F)cc(Br)c1. The summed E-state index contributed by atoms with van der Waals surface area (Å²) >= 11 is 4.65. The van der Waals surface area contributed by atoms with Crippen LogP contribution in [0, 0.1) is 5.82 Å². The summed E-state index contributed by atoms with van der Waals surface area (Å²) < 4.78 is 17.4. The summed E-state index contributed by atoms with van der Waals surface area (Å²) in [6.45, 7) is 3.95. The lowest BCUT2D eigenvalue weighted by Crippen LogP contribution is -2.21. The van der Waals surface area contributed by atoms with Gasteiger partial charge in [0.15, 0.2) is 10.8 Å². The first-order valence-electron chi connectivity index (χ1n) is 6.65. The molecule has 0 saturated heterocycles. The number of nitrogens with zero attached hydrogens (tertiary/aromatic N) is 4. The highest BCUT2D eigenvalue weighted by atomic mass is 79.9. The fraction of sp³-hybridized carbons (Fsp3) is 0.133. The van der Waals surface area contributed by atoms with E-state index in [9.17, 15) is 9.18 Å². The third kappa shape index (κ3) is 2.84. The van der Waals surface area contributed by atoms with Crippen molar-refractivity contribution in [3.8, 4) is 5.69 Å². The van der Waals surface area contributed by atoms with Crippen LogP contribution < -0.4 is 5.56 Å². The smallest absolute Gasteiger partial charge is 0.267 e. The molecule has 3 rings (SSSR count). The predicted octanol–water partition coefficient (Wildman–Crippen LogP) is 3.39. The van der Waals surface area contributed by atoms with E-state index in [0.717, 1.165) is 0 Å². The van der Waals surface area contributed by atoms with Gasteiger partial charge < -0.3 is 0 Å². The Hall–Kier alpha value is -1.93. The van der Waals surface area contributed by atoms with Crippen LogP contribution in [0.2, 0.25) is 0 Å². The number of halogens is 2. The van der Waals surface area contributed by atoms with Gasteiger partial charge in [-0.3, -0.25) is 4.79 Å². The largest absolute Gasteiger partial charge is 0.278 e. The molecule has 118 valence electrons. The number of fused-ring (bicyclic) bond motifs is 1. The van der Waals surface area contributed by atoms with Crippen LogP contribution in [0.15, 0.2) is 51.5 Å². The van der Waals surface area contributed by atoms with Crippen molar-refractivity contribution in [3.05, 3.63) is 57.7 Å². The minimum absolute atomic E-state index is 0.243. The molecule has 0 atom stereocenters. The highest BCUT2D eigenvalue weighted by Gasteiger charge is 2.17. The first-order chi connectivity index (χ1) is 11.0. The number of aromatic nitrogens is 4. The molecule has 0 fully saturated rings. The van der Waals surface area contributed by atoms with E-state index in [1.54, 1.807) is 16.8 Å². The summed E-state index contributed by atoms with van der Waals surface area (Å²) in [4.78, 5) is 21.1. The molecule has 0 radical (unpaired) electrons. The van der Waals surface area contributed by atoms with Gasteiger partial charge in [-0.05, 0) is 24.5 Å². The fourth-order valence-electron chi connectivity index (χ4n) is 2.32. The van der Waals surface area contributed by atoms with Gasteiger partial charge in [-0.1, -0.05) is 33.8 Å². The average Bonchev–Trinajstić information content (AvgIpc) is 2.79. The molecule has 23 heavy (non-hydrogen) atoms. The Labute approximate surface area is 144 Å². The molecule has 0 unspecified atom stereocenters. The van der Waals surface area contributed by atoms with E-state index >= 15 is 0 Å². The van der Waals surface area contributed by atoms with Gasteiger partial charge in [-0.2, -0.15) is 0 Å². The number of hydrogen-bond acceptors (Lipinski definition) is 4. The van der Waals surface area contributed by atoms with Gasteiger partial charge in [0.25, 0.3) is 5.56 Å². The van der Waals surface area contributed by atoms with Gasteiger partial charge in [-0.15, -0.1) is 6.58 Å². The van der Waals surface area contributed by atoms with Crippen LogP contribution >= 0.6 is 27.7 Å². The normalized spacial score (nSPS) is 11.1. The molecule has 0 spiro atoms. The number of hydrogen-bond donors (Lipinski definition) is 0. The topological polar surface area (TPSA) is 52.7 Å². The molecule has 0 bridgehead atoms. The van der Waals surface area contributed by atoms with Gasteiger partial charge in [0.05, 0.1) is 12.2 Å². The van der Waals surface area contributed by atoms with Gasteiger partial charge in [0.1, 0.15) is 11.2 Å². The van der Waals surface area contributed by atoms with E-state index in [-0.39, 0.29) is 12.1 Å². The van der Waals surface area contributed by atoms with Crippen molar-refractivity contribution in [2.75, 3.05) is 6.26 Å². The second-order valence-corrected chi connectivity index (χ2v) is 6.40. The summed E-state index contributed by atoms with van der Waals surface area (Å²) in [7, 11) is 0. The Morgan fingerprint density at radius 2 is 2.22 bits per heavy atom. The molecular formula is C15H12BrFN4OS. The number of rotatable bonds is 4. The first-order valence-corrected chi connectivity index (χ1v) is 8.67. The lowest BCUT2D eigenvalue weighted by atomic mass is 10.3. The van der Waals surface area contributed by atoms with Gasteiger partial charge >= 0.3 is 0 Å². The zero-order valence-electron chi connectivity index (χ0n) is 12.2. The molecule has 3 aromatic rings. The van der Waals surface area contributed by atoms with Crippen LogP contribution in [0.4, 0.5) is 4.39 Å². The van der Waals surface area contributed by atoms with E-state index in [1.807, 2.05) is 6.26 Å². The monoisotopic (exact) mass is 394 g/mol. The van der Waals surface area contributed by atoms with Crippen LogP contribution in [-0.4, -0.2) is 25.6 Å². The van der Waals surface area contributed by atoms with Crippen molar-refractivity contribution < 1.29 is 4.39 Å². The van der Waals surface area contributed by atoms with Crippen LogP contribution in [0.1, 0.15) is 0 Å². The molecule has 1 aromatic carbocycles. The highest BCUT2D eigenvalue weighted by Crippen LogP contribution is 2.22. The second kappa shape index (κ2) is 6.29. The molecule has 0 aliphatic carbocycles. The van der Waals surface area contributed by atoms with Crippen molar-refractivity contribution in [1.82, 2.24) is 19.3 Å². The summed E-state index contributed by atoms with van der Waals surface area (Å²) in [5.74, 6) is -0.409. The molecule has 0 saturated carbocycles. The van der Waals surface area contributed by atoms with Crippen molar-refractivity contribution in [3.63, 3.8) is 0 Å². The molecule has 0 N–H and O–H groups in total. The van der Waals surface area contributed by atoms with E-state index in [2.05, 4.69) is 32.5 Å². The zero-order valence-corrected chi connectivity index (χ0v) is 14.6. The molecule has 5 nitrogen and oxygen atoms in total. The zero-order chi connectivity index (χ0) is 16.6. The maximum atomic E-state index is 13.8. The quantitative estimate of drug-likeness (QED) is 0.386. The minimum Gasteiger partial charge on any atom is -0.267 e. The number of benzene rings is 1. The van der Waals surface area contributed by atoms with Crippen LogP contribution in [0.3, 0.4) is 0 Å². The highest BCUT2D eigenvalue weighted by molar-refractivity contribution is 9.10. The van der Waals surface area contributed by atoms with Crippen molar-refractivity contribution >= 4 is 38.7 Å². The second-order valence-electron chi connectivity index (χ2n) is 4.71. The Morgan fingerprint density at radius 1 is 1.43 bits per heavy atom. The van der Waals surface area contributed by atoms with Crippen LogP contribution in [0.25, 0.3) is 16.7 Å². The minimum atomic E-state index is -0.409. The third-order valence-electron chi connectivity index (χ3n) is 3.23. The average molecular weight is 395 g/mol. The van der Waals surface area contributed by atoms with E-state index in [0.29, 0.717) is 26.3 Å². The van der Waals surface area contributed by atoms with Crippen molar-refractivity contribution in [1.29, 1.82) is 0 Å². The molecule has 2 aromatic heterocycles. The summed E-state index contributed by atoms with van der Waals surface area (Å²) in [5.41, 5.74) is 0.693. The predicted molar refractivity (Wildman–Crippen MR) is 92.8 cm³/mol. The van der Waals surface area contributed by atoms with Crippen molar-refractivity contribution in [2.24, 2.45) is 0 Å². The Bertz CT molecular complexity index is 946. The Kier molecular flexibility index (Phi) is 4.36. The first kappa shape index (κ1) is 15.9. The molecule has 0 aliphatic rings. The van der Waals surface area contributed by atoms with E-state index in [4.69, 9.17) is 0 Å².